The Morgan fingerprint density at radius 2 is 2.25 bits per heavy atom. The van der Waals surface area contributed by atoms with Gasteiger partial charge in [-0.05, 0) is 6.42 Å². The van der Waals surface area contributed by atoms with Crippen molar-refractivity contribution in [2.24, 2.45) is 0 Å². The molecule has 1 aliphatic heterocycles. The molecule has 0 spiro atoms. The van der Waals surface area contributed by atoms with E-state index in [0.717, 1.165) is 35.6 Å². The number of rotatable bonds is 4. The Balaban J connectivity index is 1.86. The molecule has 0 amide bonds. The normalized spacial score (nSPS) is 14.1. The van der Waals surface area contributed by atoms with Gasteiger partial charge in [-0.25, -0.2) is 18.4 Å². The molecule has 20 heavy (non-hydrogen) atoms. The van der Waals surface area contributed by atoms with Crippen molar-refractivity contribution < 1.29 is 8.42 Å². The highest BCUT2D eigenvalue weighted by Gasteiger charge is 2.18. The van der Waals surface area contributed by atoms with Gasteiger partial charge in [0.05, 0.1) is 24.2 Å². The Kier molecular flexibility index (Phi) is 3.17. The minimum Gasteiger partial charge on any atom is -0.369 e. The second-order valence-electron chi connectivity index (χ2n) is 4.85. The number of anilines is 1. The monoisotopic (exact) mass is 293 g/mol. The highest BCUT2D eigenvalue weighted by Crippen LogP contribution is 2.28. The van der Waals surface area contributed by atoms with Crippen LogP contribution in [0.2, 0.25) is 0 Å². The Morgan fingerprint density at radius 1 is 1.40 bits per heavy atom. The van der Waals surface area contributed by atoms with Gasteiger partial charge < -0.3 is 5.32 Å². The highest BCUT2D eigenvalue weighted by molar-refractivity contribution is 7.90. The number of nitrogens with zero attached hydrogens (tertiary/aromatic N) is 4. The van der Waals surface area contributed by atoms with Crippen molar-refractivity contribution in [2.45, 2.75) is 13.0 Å². The SMILES string of the molecule is CS(=O)(=O)CCn1cc(-c2ncnc3c2CCN3)cn1. The van der Waals surface area contributed by atoms with Crippen molar-refractivity contribution in [1.82, 2.24) is 19.7 Å². The zero-order chi connectivity index (χ0) is 14.2. The van der Waals surface area contributed by atoms with Gasteiger partial charge >= 0.3 is 0 Å². The van der Waals surface area contributed by atoms with Crippen molar-refractivity contribution >= 4 is 15.7 Å². The first kappa shape index (κ1) is 13.0. The lowest BCUT2D eigenvalue weighted by atomic mass is 10.1. The van der Waals surface area contributed by atoms with Crippen LogP contribution < -0.4 is 5.32 Å². The first-order chi connectivity index (χ1) is 9.53. The van der Waals surface area contributed by atoms with E-state index in [9.17, 15) is 8.42 Å². The van der Waals surface area contributed by atoms with Crippen molar-refractivity contribution in [3.63, 3.8) is 0 Å². The summed E-state index contributed by atoms with van der Waals surface area (Å²) < 4.78 is 24.0. The summed E-state index contributed by atoms with van der Waals surface area (Å²) in [6.45, 7) is 1.22. The maximum atomic E-state index is 11.2. The largest absolute Gasteiger partial charge is 0.369 e. The molecule has 106 valence electrons. The van der Waals surface area contributed by atoms with E-state index in [2.05, 4.69) is 20.4 Å². The van der Waals surface area contributed by atoms with Crippen LogP contribution >= 0.6 is 0 Å². The standard InChI is InChI=1S/C12H15N5O2S/c1-20(18,19)5-4-17-7-9(6-16-17)11-10-2-3-13-12(10)15-8-14-11/h6-8H,2-5H2,1H3,(H,13,14,15). The summed E-state index contributed by atoms with van der Waals surface area (Å²) in [7, 11) is -2.98. The first-order valence-electron chi connectivity index (χ1n) is 6.31. The van der Waals surface area contributed by atoms with Crippen molar-refractivity contribution in [3.05, 3.63) is 24.3 Å². The third-order valence-corrected chi connectivity index (χ3v) is 4.13. The molecule has 7 nitrogen and oxygen atoms in total. The van der Waals surface area contributed by atoms with Crippen molar-refractivity contribution in [3.8, 4) is 11.3 Å². The van der Waals surface area contributed by atoms with Gasteiger partial charge in [-0.1, -0.05) is 0 Å². The molecular formula is C12H15N5O2S. The molecule has 0 fully saturated rings. The number of nitrogens with one attached hydrogen (secondary N) is 1. The van der Waals surface area contributed by atoms with E-state index >= 15 is 0 Å². The Morgan fingerprint density at radius 3 is 3.05 bits per heavy atom. The average molecular weight is 293 g/mol. The van der Waals surface area contributed by atoms with Gasteiger partial charge in [-0.3, -0.25) is 4.68 Å². The lowest BCUT2D eigenvalue weighted by Gasteiger charge is -2.03. The third kappa shape index (κ3) is 2.64. The molecule has 2 aromatic rings. The van der Waals surface area contributed by atoms with Crippen molar-refractivity contribution in [2.75, 3.05) is 23.9 Å². The minimum absolute atomic E-state index is 0.0809. The molecule has 0 atom stereocenters. The number of hydrogen-bond acceptors (Lipinski definition) is 6. The van der Waals surface area contributed by atoms with E-state index < -0.39 is 9.84 Å². The highest BCUT2D eigenvalue weighted by atomic mass is 32.2. The molecule has 0 saturated heterocycles. The number of fused-ring (bicyclic) bond motifs is 1. The zero-order valence-electron chi connectivity index (χ0n) is 11.1. The summed E-state index contributed by atoms with van der Waals surface area (Å²) in [6.07, 6.45) is 7.18. The molecule has 0 bridgehead atoms. The van der Waals surface area contributed by atoms with Crippen LogP contribution in [-0.4, -0.2) is 46.7 Å². The van der Waals surface area contributed by atoms with Crippen LogP contribution in [0.4, 0.5) is 5.82 Å². The van der Waals surface area contributed by atoms with Crippen LogP contribution in [0, 0.1) is 0 Å². The van der Waals surface area contributed by atoms with Gasteiger partial charge in [0.1, 0.15) is 22.0 Å². The molecule has 0 aliphatic carbocycles. The van der Waals surface area contributed by atoms with Crippen LogP contribution in [0.25, 0.3) is 11.3 Å². The molecule has 0 radical (unpaired) electrons. The number of aryl methyl sites for hydroxylation is 1. The second kappa shape index (κ2) is 4.86. The van der Waals surface area contributed by atoms with E-state index in [1.807, 2.05) is 6.20 Å². The third-order valence-electron chi connectivity index (χ3n) is 3.21. The summed E-state index contributed by atoms with van der Waals surface area (Å²) in [6, 6.07) is 0. The smallest absolute Gasteiger partial charge is 0.149 e. The fourth-order valence-electron chi connectivity index (χ4n) is 2.22. The summed E-state index contributed by atoms with van der Waals surface area (Å²) >= 11 is 0. The molecule has 1 aliphatic rings. The fraction of sp³-hybridized carbons (Fsp3) is 0.417. The number of aromatic nitrogens is 4. The minimum atomic E-state index is -2.98. The van der Waals surface area contributed by atoms with E-state index in [1.165, 1.54) is 12.6 Å². The topological polar surface area (TPSA) is 89.8 Å². The lowest BCUT2D eigenvalue weighted by Crippen LogP contribution is -2.11. The first-order valence-corrected chi connectivity index (χ1v) is 8.37. The average Bonchev–Trinajstić information content (AvgIpc) is 3.04. The molecule has 0 unspecified atom stereocenters. The van der Waals surface area contributed by atoms with E-state index in [4.69, 9.17) is 0 Å². The summed E-state index contributed by atoms with van der Waals surface area (Å²) in [5.41, 5.74) is 2.85. The number of hydrogen-bond donors (Lipinski definition) is 1. The maximum Gasteiger partial charge on any atom is 0.149 e. The van der Waals surface area contributed by atoms with Gasteiger partial charge in [0.2, 0.25) is 0 Å². The van der Waals surface area contributed by atoms with E-state index in [0.29, 0.717) is 6.54 Å². The molecule has 2 aromatic heterocycles. The molecule has 3 rings (SSSR count). The van der Waals surface area contributed by atoms with Gasteiger partial charge in [0, 0.05) is 30.1 Å². The Labute approximate surface area is 117 Å². The van der Waals surface area contributed by atoms with Gasteiger partial charge in [-0.2, -0.15) is 5.10 Å². The van der Waals surface area contributed by atoms with Crippen LogP contribution in [-0.2, 0) is 22.8 Å². The molecule has 0 aromatic carbocycles. The van der Waals surface area contributed by atoms with Gasteiger partial charge in [0.15, 0.2) is 0 Å². The predicted molar refractivity (Wildman–Crippen MR) is 75.2 cm³/mol. The zero-order valence-corrected chi connectivity index (χ0v) is 11.9. The molecule has 1 N–H and O–H groups in total. The van der Waals surface area contributed by atoms with Crippen LogP contribution in [0.15, 0.2) is 18.7 Å². The quantitative estimate of drug-likeness (QED) is 0.875. The molecular weight excluding hydrogens is 278 g/mol. The molecule has 0 saturated carbocycles. The Bertz CT molecular complexity index is 738. The lowest BCUT2D eigenvalue weighted by molar-refractivity contribution is 0.586. The second-order valence-corrected chi connectivity index (χ2v) is 7.11. The van der Waals surface area contributed by atoms with Crippen molar-refractivity contribution in [1.29, 1.82) is 0 Å². The summed E-state index contributed by atoms with van der Waals surface area (Å²) in [4.78, 5) is 8.51. The van der Waals surface area contributed by atoms with Crippen LogP contribution in [0.3, 0.4) is 0 Å². The fourth-order valence-corrected chi connectivity index (χ4v) is 2.74. The Hall–Kier alpha value is -1.96. The number of sulfone groups is 1. The van der Waals surface area contributed by atoms with Gasteiger partial charge in [0.25, 0.3) is 0 Å². The predicted octanol–water partition coefficient (Wildman–Crippen LogP) is 0.353. The summed E-state index contributed by atoms with van der Waals surface area (Å²) in [5.74, 6) is 0.955. The van der Waals surface area contributed by atoms with E-state index in [-0.39, 0.29) is 5.75 Å². The maximum absolute atomic E-state index is 11.2. The van der Waals surface area contributed by atoms with Crippen LogP contribution in [0.5, 0.6) is 0 Å². The van der Waals surface area contributed by atoms with E-state index in [1.54, 1.807) is 10.9 Å². The summed E-state index contributed by atoms with van der Waals surface area (Å²) in [5, 5.41) is 7.40. The van der Waals surface area contributed by atoms with Gasteiger partial charge in [-0.15, -0.1) is 0 Å². The van der Waals surface area contributed by atoms with Crippen LogP contribution in [0.1, 0.15) is 5.56 Å². The molecule has 3 heterocycles. The molecule has 8 heteroatoms.